The summed E-state index contributed by atoms with van der Waals surface area (Å²) in [5.74, 6) is 2.03. The maximum Gasteiger partial charge on any atom is 0.0103 e. The van der Waals surface area contributed by atoms with Crippen LogP contribution in [-0.4, -0.2) is 0 Å². The third-order valence-corrected chi connectivity index (χ3v) is 6.84. The van der Waals surface area contributed by atoms with Crippen molar-refractivity contribution in [3.05, 3.63) is 35.9 Å². The van der Waals surface area contributed by atoms with Crippen molar-refractivity contribution in [3.8, 4) is 0 Å². The molecule has 1 aromatic carbocycles. The van der Waals surface area contributed by atoms with E-state index in [-0.39, 0.29) is 0 Å². The van der Waals surface area contributed by atoms with Crippen LogP contribution in [0.5, 0.6) is 0 Å². The van der Waals surface area contributed by atoms with Gasteiger partial charge in [0.1, 0.15) is 0 Å². The van der Waals surface area contributed by atoms with Gasteiger partial charge in [0.15, 0.2) is 0 Å². The summed E-state index contributed by atoms with van der Waals surface area (Å²) in [6.07, 6.45) is 2.96. The van der Waals surface area contributed by atoms with Crippen LogP contribution >= 0.6 is 0 Å². The number of rotatable bonds is 1. The van der Waals surface area contributed by atoms with Crippen LogP contribution in [0.2, 0.25) is 0 Å². The molecular formula is C16H20. The molecule has 4 rings (SSSR count). The molecule has 4 atom stereocenters. The molecule has 0 N–H and O–H groups in total. The summed E-state index contributed by atoms with van der Waals surface area (Å²) >= 11 is 0. The molecule has 0 spiro atoms. The Balaban J connectivity index is 1.90. The fourth-order valence-electron chi connectivity index (χ4n) is 5.96. The number of fused-ring (bicyclic) bond motifs is 4. The van der Waals surface area contributed by atoms with Gasteiger partial charge in [0.05, 0.1) is 0 Å². The lowest BCUT2D eigenvalue weighted by Crippen LogP contribution is -2.54. The molecule has 0 nitrogen and oxygen atoms in total. The predicted molar refractivity (Wildman–Crippen MR) is 66.2 cm³/mol. The van der Waals surface area contributed by atoms with Gasteiger partial charge >= 0.3 is 0 Å². The molecule has 84 valence electrons. The molecule has 0 bridgehead atoms. The van der Waals surface area contributed by atoms with Gasteiger partial charge in [0.2, 0.25) is 0 Å². The first-order valence-corrected chi connectivity index (χ1v) is 6.64. The largest absolute Gasteiger partial charge is 0.0622 e. The monoisotopic (exact) mass is 212 g/mol. The summed E-state index contributed by atoms with van der Waals surface area (Å²) in [5.41, 5.74) is 3.27. The zero-order valence-corrected chi connectivity index (χ0v) is 10.5. The number of hydrogen-bond acceptors (Lipinski definition) is 0. The van der Waals surface area contributed by atoms with Crippen molar-refractivity contribution in [2.75, 3.05) is 0 Å². The first-order chi connectivity index (χ1) is 7.58. The molecule has 0 heteroatoms. The summed E-state index contributed by atoms with van der Waals surface area (Å²) in [6, 6.07) is 11.3. The Labute approximate surface area is 98.1 Å². The minimum Gasteiger partial charge on any atom is -0.0622 e. The van der Waals surface area contributed by atoms with Gasteiger partial charge in [-0.05, 0) is 41.1 Å². The van der Waals surface area contributed by atoms with E-state index >= 15 is 0 Å². The van der Waals surface area contributed by atoms with Gasteiger partial charge in [0, 0.05) is 5.41 Å². The van der Waals surface area contributed by atoms with Crippen molar-refractivity contribution in [2.45, 2.75) is 39.0 Å². The lowest BCUT2D eigenvalue weighted by atomic mass is 9.46. The molecular weight excluding hydrogens is 192 g/mol. The zero-order valence-electron chi connectivity index (χ0n) is 10.5. The SMILES string of the molecule is CC1(C)[C@@]2(C)[C@H]3CC[C@@H]3[C@]12c1ccccc1. The lowest BCUT2D eigenvalue weighted by Gasteiger charge is -2.58. The Hall–Kier alpha value is -0.780. The zero-order chi connectivity index (χ0) is 11.2. The number of benzene rings is 1. The van der Waals surface area contributed by atoms with Gasteiger partial charge in [-0.2, -0.15) is 0 Å². The molecule has 16 heavy (non-hydrogen) atoms. The highest BCUT2D eigenvalue weighted by Gasteiger charge is 2.94. The molecule has 0 heterocycles. The van der Waals surface area contributed by atoms with Crippen molar-refractivity contribution in [3.63, 3.8) is 0 Å². The standard InChI is InChI=1S/C16H20/c1-14(2)15(3)12-9-10-13(12)16(14,15)11-7-5-4-6-8-11/h4-8,12-13H,9-10H2,1-3H3/t12-,13-,15+,16+/m0/s1. The fraction of sp³-hybridized carbons (Fsp3) is 0.625. The summed E-state index contributed by atoms with van der Waals surface area (Å²) in [7, 11) is 0. The van der Waals surface area contributed by atoms with Crippen molar-refractivity contribution in [1.29, 1.82) is 0 Å². The quantitative estimate of drug-likeness (QED) is 0.660. The maximum atomic E-state index is 2.54. The Morgan fingerprint density at radius 1 is 0.938 bits per heavy atom. The van der Waals surface area contributed by atoms with E-state index in [1.54, 1.807) is 5.56 Å². The summed E-state index contributed by atoms with van der Waals surface area (Å²) in [4.78, 5) is 0. The van der Waals surface area contributed by atoms with E-state index in [1.165, 1.54) is 12.8 Å². The molecule has 0 saturated heterocycles. The highest BCUT2D eigenvalue weighted by Crippen LogP contribution is 2.96. The van der Waals surface area contributed by atoms with Gasteiger partial charge in [-0.15, -0.1) is 0 Å². The molecule has 1 aromatic rings. The Morgan fingerprint density at radius 2 is 1.56 bits per heavy atom. The van der Waals surface area contributed by atoms with Gasteiger partial charge in [-0.25, -0.2) is 0 Å². The van der Waals surface area contributed by atoms with Crippen LogP contribution in [-0.2, 0) is 5.41 Å². The third kappa shape index (κ3) is 0.563. The summed E-state index contributed by atoms with van der Waals surface area (Å²) < 4.78 is 0. The van der Waals surface area contributed by atoms with E-state index in [4.69, 9.17) is 0 Å². The molecule has 3 aliphatic carbocycles. The normalized spacial score (nSPS) is 50.7. The van der Waals surface area contributed by atoms with Crippen LogP contribution in [0.3, 0.4) is 0 Å². The predicted octanol–water partition coefficient (Wildman–Crippen LogP) is 4.01. The molecule has 0 amide bonds. The first-order valence-electron chi connectivity index (χ1n) is 6.64. The van der Waals surface area contributed by atoms with Gasteiger partial charge in [-0.1, -0.05) is 51.1 Å². The van der Waals surface area contributed by atoms with Gasteiger partial charge < -0.3 is 0 Å². The average molecular weight is 212 g/mol. The smallest absolute Gasteiger partial charge is 0.0103 e. The van der Waals surface area contributed by atoms with Crippen LogP contribution in [0.25, 0.3) is 0 Å². The highest BCUT2D eigenvalue weighted by atomic mass is 15.0. The van der Waals surface area contributed by atoms with Crippen molar-refractivity contribution in [2.24, 2.45) is 22.7 Å². The molecule has 0 aliphatic heterocycles. The van der Waals surface area contributed by atoms with E-state index in [0.717, 1.165) is 11.8 Å². The fourth-order valence-corrected chi connectivity index (χ4v) is 5.96. The lowest BCUT2D eigenvalue weighted by molar-refractivity contribution is -0.0482. The average Bonchev–Trinajstić information content (AvgIpc) is 2.56. The second-order valence-electron chi connectivity index (χ2n) is 6.79. The minimum atomic E-state index is 0.521. The van der Waals surface area contributed by atoms with E-state index in [9.17, 15) is 0 Å². The van der Waals surface area contributed by atoms with Crippen LogP contribution in [0, 0.1) is 22.7 Å². The van der Waals surface area contributed by atoms with Crippen LogP contribution in [0.15, 0.2) is 30.3 Å². The van der Waals surface area contributed by atoms with E-state index in [1.807, 2.05) is 0 Å². The number of hydrogen-bond donors (Lipinski definition) is 0. The third-order valence-electron chi connectivity index (χ3n) is 6.84. The molecule has 3 aliphatic rings. The van der Waals surface area contributed by atoms with Gasteiger partial charge in [0.25, 0.3) is 0 Å². The second kappa shape index (κ2) is 2.25. The topological polar surface area (TPSA) is 0 Å². The Bertz CT molecular complexity index is 458. The Kier molecular flexibility index (Phi) is 1.30. The van der Waals surface area contributed by atoms with Crippen LogP contribution < -0.4 is 0 Å². The van der Waals surface area contributed by atoms with Crippen molar-refractivity contribution in [1.82, 2.24) is 0 Å². The van der Waals surface area contributed by atoms with Gasteiger partial charge in [-0.3, -0.25) is 0 Å². The Morgan fingerprint density at radius 3 is 2.06 bits per heavy atom. The van der Waals surface area contributed by atoms with E-state index < -0.39 is 0 Å². The molecule has 3 fully saturated rings. The highest BCUT2D eigenvalue weighted by molar-refractivity contribution is 5.54. The van der Waals surface area contributed by atoms with E-state index in [2.05, 4.69) is 51.1 Å². The molecule has 0 unspecified atom stereocenters. The molecule has 3 saturated carbocycles. The van der Waals surface area contributed by atoms with Crippen molar-refractivity contribution < 1.29 is 0 Å². The van der Waals surface area contributed by atoms with Crippen LogP contribution in [0.1, 0.15) is 39.2 Å². The first kappa shape index (κ1) is 9.27. The molecule has 0 aromatic heterocycles. The summed E-state index contributed by atoms with van der Waals surface area (Å²) in [5, 5.41) is 0. The van der Waals surface area contributed by atoms with Crippen molar-refractivity contribution >= 4 is 0 Å². The second-order valence-corrected chi connectivity index (χ2v) is 6.79. The minimum absolute atomic E-state index is 0.521. The molecule has 0 radical (unpaired) electrons. The summed E-state index contributed by atoms with van der Waals surface area (Å²) in [6.45, 7) is 7.54. The van der Waals surface area contributed by atoms with E-state index in [0.29, 0.717) is 16.2 Å². The van der Waals surface area contributed by atoms with Crippen LogP contribution in [0.4, 0.5) is 0 Å². The maximum absolute atomic E-state index is 2.54.